The first-order valence-electron chi connectivity index (χ1n) is 9.27. The van der Waals surface area contributed by atoms with Crippen LogP contribution in [0.4, 0.5) is 0 Å². The van der Waals surface area contributed by atoms with E-state index in [9.17, 15) is 29.4 Å². The lowest BCUT2D eigenvalue weighted by molar-refractivity contribution is -0.197. The molecule has 0 saturated heterocycles. The highest BCUT2D eigenvalue weighted by Crippen LogP contribution is 2.48. The third-order valence-corrected chi connectivity index (χ3v) is 5.11. The summed E-state index contributed by atoms with van der Waals surface area (Å²) in [5.74, 6) is -10.8. The Balaban J connectivity index is 1.74. The maximum atomic E-state index is 12.6. The summed E-state index contributed by atoms with van der Waals surface area (Å²) in [5, 5.41) is 18.9. The van der Waals surface area contributed by atoms with Gasteiger partial charge in [-0.2, -0.15) is 0 Å². The molecule has 2 aromatic carbocycles. The van der Waals surface area contributed by atoms with Crippen LogP contribution in [-0.4, -0.2) is 34.1 Å². The first kappa shape index (κ1) is 21.0. The molecule has 0 aliphatic heterocycles. The molecule has 1 saturated carbocycles. The second-order valence-electron chi connectivity index (χ2n) is 6.97. The number of carboxylic acid groups (broad SMARTS) is 2. The molecule has 8 nitrogen and oxygen atoms in total. The number of benzene rings is 2. The van der Waals surface area contributed by atoms with E-state index < -0.39 is 47.5 Å². The van der Waals surface area contributed by atoms with E-state index in [0.29, 0.717) is 11.1 Å². The molecule has 0 aromatic heterocycles. The summed E-state index contributed by atoms with van der Waals surface area (Å²) < 4.78 is 10.4. The fourth-order valence-electron chi connectivity index (χ4n) is 3.60. The van der Waals surface area contributed by atoms with E-state index in [1.807, 2.05) is 0 Å². The van der Waals surface area contributed by atoms with E-state index in [1.165, 1.54) is 0 Å². The molecule has 30 heavy (non-hydrogen) atoms. The van der Waals surface area contributed by atoms with Gasteiger partial charge in [0.2, 0.25) is 0 Å². The lowest BCUT2D eigenvalue weighted by atomic mass is 9.56. The standard InChI is InChI=1S/C22H20O8/c23-19(24)15-16(20(25)26)18(22(28)30-12-14-9-5-2-6-10-14)17(15)21(27)29-11-13-7-3-1-4-8-13/h1-10,15-18H,11-12H2,(H,23,24)(H,25,26)/t15-,16+,17?,18?. The zero-order chi connectivity index (χ0) is 21.7. The van der Waals surface area contributed by atoms with Gasteiger partial charge in [-0.25, -0.2) is 0 Å². The van der Waals surface area contributed by atoms with Gasteiger partial charge in [-0.1, -0.05) is 60.7 Å². The molecule has 0 heterocycles. The molecule has 2 aromatic rings. The van der Waals surface area contributed by atoms with Crippen molar-refractivity contribution < 1.29 is 38.9 Å². The van der Waals surface area contributed by atoms with Crippen molar-refractivity contribution in [3.05, 3.63) is 71.8 Å². The van der Waals surface area contributed by atoms with Gasteiger partial charge in [0.25, 0.3) is 0 Å². The molecule has 0 bridgehead atoms. The molecule has 1 aliphatic rings. The maximum absolute atomic E-state index is 12.6. The number of esters is 2. The molecule has 2 unspecified atom stereocenters. The highest BCUT2D eigenvalue weighted by Gasteiger charge is 2.65. The van der Waals surface area contributed by atoms with Gasteiger partial charge in [0.15, 0.2) is 0 Å². The van der Waals surface area contributed by atoms with E-state index >= 15 is 0 Å². The number of carbonyl (C=O) groups excluding carboxylic acids is 2. The molecule has 4 atom stereocenters. The second-order valence-corrected chi connectivity index (χ2v) is 6.97. The normalized spacial score (nSPS) is 22.4. The van der Waals surface area contributed by atoms with Crippen LogP contribution in [0.1, 0.15) is 11.1 Å². The summed E-state index contributed by atoms with van der Waals surface area (Å²) in [6.45, 7) is -0.238. The number of carbonyl (C=O) groups is 4. The van der Waals surface area contributed by atoms with Crippen LogP contribution in [0, 0.1) is 23.7 Å². The summed E-state index contributed by atoms with van der Waals surface area (Å²) in [7, 11) is 0. The van der Waals surface area contributed by atoms with Gasteiger partial charge in [-0.05, 0) is 11.1 Å². The van der Waals surface area contributed by atoms with E-state index in [1.54, 1.807) is 60.7 Å². The number of hydrogen-bond acceptors (Lipinski definition) is 6. The number of aliphatic carboxylic acids is 2. The molecule has 3 rings (SSSR count). The SMILES string of the molecule is O=C(OCc1ccccc1)C1C(C(=O)OCc2ccccc2)[C@H](C(=O)O)[C@@H]1C(=O)O. The number of ether oxygens (including phenoxy) is 2. The minimum absolute atomic E-state index is 0.119. The minimum Gasteiger partial charge on any atom is -0.481 e. The Morgan fingerprint density at radius 3 is 1.23 bits per heavy atom. The van der Waals surface area contributed by atoms with Crippen LogP contribution in [0.2, 0.25) is 0 Å². The average molecular weight is 412 g/mol. The quantitative estimate of drug-likeness (QED) is 0.631. The van der Waals surface area contributed by atoms with Crippen molar-refractivity contribution in [1.29, 1.82) is 0 Å². The lowest BCUT2D eigenvalue weighted by Crippen LogP contribution is -2.60. The Kier molecular flexibility index (Phi) is 6.46. The zero-order valence-electron chi connectivity index (χ0n) is 15.8. The smallest absolute Gasteiger partial charge is 0.311 e. The van der Waals surface area contributed by atoms with E-state index in [-0.39, 0.29) is 13.2 Å². The summed E-state index contributed by atoms with van der Waals surface area (Å²) in [5.41, 5.74) is 1.35. The number of rotatable bonds is 8. The molecule has 1 fully saturated rings. The first-order chi connectivity index (χ1) is 14.4. The van der Waals surface area contributed by atoms with Crippen LogP contribution in [-0.2, 0) is 41.9 Å². The predicted molar refractivity (Wildman–Crippen MR) is 102 cm³/mol. The van der Waals surface area contributed by atoms with Gasteiger partial charge < -0.3 is 19.7 Å². The van der Waals surface area contributed by atoms with Crippen LogP contribution in [0.5, 0.6) is 0 Å². The van der Waals surface area contributed by atoms with E-state index in [4.69, 9.17) is 9.47 Å². The summed E-state index contributed by atoms with van der Waals surface area (Å²) in [6.07, 6.45) is 0. The minimum atomic E-state index is -1.57. The Morgan fingerprint density at radius 1 is 0.600 bits per heavy atom. The maximum Gasteiger partial charge on any atom is 0.311 e. The average Bonchev–Trinajstić information content (AvgIpc) is 2.71. The fourth-order valence-corrected chi connectivity index (χ4v) is 3.60. The van der Waals surface area contributed by atoms with E-state index in [0.717, 1.165) is 0 Å². The predicted octanol–water partition coefficient (Wildman–Crippen LogP) is 2.12. The third-order valence-electron chi connectivity index (χ3n) is 5.11. The van der Waals surface area contributed by atoms with Crippen molar-refractivity contribution in [3.8, 4) is 0 Å². The molecule has 2 N–H and O–H groups in total. The second kappa shape index (κ2) is 9.21. The molecule has 1 aliphatic carbocycles. The highest BCUT2D eigenvalue weighted by molar-refractivity contribution is 5.96. The molecule has 0 spiro atoms. The van der Waals surface area contributed by atoms with Gasteiger partial charge in [-0.3, -0.25) is 19.2 Å². The number of hydrogen-bond donors (Lipinski definition) is 2. The highest BCUT2D eigenvalue weighted by atomic mass is 16.5. The Labute approximate surface area is 172 Å². The first-order valence-corrected chi connectivity index (χ1v) is 9.27. The monoisotopic (exact) mass is 412 g/mol. The summed E-state index contributed by atoms with van der Waals surface area (Å²) in [4.78, 5) is 48.4. The van der Waals surface area contributed by atoms with Crippen LogP contribution in [0.25, 0.3) is 0 Å². The van der Waals surface area contributed by atoms with Crippen molar-refractivity contribution in [2.75, 3.05) is 0 Å². The van der Waals surface area contributed by atoms with Crippen LogP contribution in [0.15, 0.2) is 60.7 Å². The van der Waals surface area contributed by atoms with Gasteiger partial charge >= 0.3 is 23.9 Å². The topological polar surface area (TPSA) is 127 Å². The summed E-state index contributed by atoms with van der Waals surface area (Å²) >= 11 is 0. The van der Waals surface area contributed by atoms with Crippen molar-refractivity contribution in [1.82, 2.24) is 0 Å². The zero-order valence-corrected chi connectivity index (χ0v) is 15.8. The number of carboxylic acids is 2. The van der Waals surface area contributed by atoms with Crippen LogP contribution in [0.3, 0.4) is 0 Å². The van der Waals surface area contributed by atoms with Crippen molar-refractivity contribution in [2.24, 2.45) is 23.7 Å². The largest absolute Gasteiger partial charge is 0.481 e. The van der Waals surface area contributed by atoms with Crippen molar-refractivity contribution in [2.45, 2.75) is 13.2 Å². The van der Waals surface area contributed by atoms with Crippen LogP contribution >= 0.6 is 0 Å². The third kappa shape index (κ3) is 4.48. The molecule has 0 radical (unpaired) electrons. The van der Waals surface area contributed by atoms with E-state index in [2.05, 4.69) is 0 Å². The Morgan fingerprint density at radius 2 is 0.933 bits per heavy atom. The van der Waals surface area contributed by atoms with Gasteiger partial charge in [0.1, 0.15) is 13.2 Å². The molecule has 8 heteroatoms. The van der Waals surface area contributed by atoms with Crippen LogP contribution < -0.4 is 0 Å². The summed E-state index contributed by atoms with van der Waals surface area (Å²) in [6, 6.07) is 17.4. The fraction of sp³-hybridized carbons (Fsp3) is 0.273. The lowest BCUT2D eigenvalue weighted by Gasteiger charge is -2.43. The van der Waals surface area contributed by atoms with Gasteiger partial charge in [0.05, 0.1) is 23.7 Å². The molecule has 156 valence electrons. The van der Waals surface area contributed by atoms with Crippen molar-refractivity contribution >= 4 is 23.9 Å². The molecular formula is C22H20O8. The Bertz CT molecular complexity index is 847. The molecular weight excluding hydrogens is 392 g/mol. The van der Waals surface area contributed by atoms with Gasteiger partial charge in [-0.15, -0.1) is 0 Å². The Hall–Kier alpha value is -3.68. The van der Waals surface area contributed by atoms with Gasteiger partial charge in [0, 0.05) is 0 Å². The van der Waals surface area contributed by atoms with Crippen molar-refractivity contribution in [3.63, 3.8) is 0 Å². The molecule has 0 amide bonds.